The molecule has 0 bridgehead atoms. The summed E-state index contributed by atoms with van der Waals surface area (Å²) in [4.78, 5) is 13.5. The highest BCUT2D eigenvalue weighted by atomic mass is 16.8. The van der Waals surface area contributed by atoms with Crippen LogP contribution in [0, 0.1) is 0 Å². The number of carbonyl (C=O) groups is 1. The predicted molar refractivity (Wildman–Crippen MR) is 434 cm³/mol. The first-order chi connectivity index (χ1) is 52.8. The van der Waals surface area contributed by atoms with Crippen molar-refractivity contribution < 1.29 is 89.4 Å². The largest absolute Gasteiger partial charge is 0.394 e. The number of rotatable bonds is 69. The lowest BCUT2D eigenvalue weighted by Crippen LogP contribution is -2.66. The second kappa shape index (κ2) is 68.1. The van der Waals surface area contributed by atoms with Gasteiger partial charge < -0.3 is 89.9 Å². The number of aliphatic hydroxyl groups is 11. The van der Waals surface area contributed by atoms with Crippen molar-refractivity contribution in [2.75, 3.05) is 26.4 Å². The van der Waals surface area contributed by atoms with Gasteiger partial charge in [-0.25, -0.2) is 0 Å². The lowest BCUT2D eigenvalue weighted by atomic mass is 9.96. The zero-order chi connectivity index (χ0) is 78.1. The Balaban J connectivity index is 1.36. The smallest absolute Gasteiger partial charge is 0.220 e. The van der Waals surface area contributed by atoms with Crippen molar-refractivity contribution >= 4 is 5.91 Å². The predicted octanol–water partition coefficient (Wildman–Crippen LogP) is 15.9. The monoisotopic (exact) mass is 1530 g/mol. The molecule has 3 rings (SSSR count). The molecule has 0 aliphatic carbocycles. The van der Waals surface area contributed by atoms with Crippen molar-refractivity contribution in [3.63, 3.8) is 0 Å². The Hall–Kier alpha value is -3.29. The fraction of sp³-hybridized carbons (Fsp3) is 0.809. The molecule has 3 heterocycles. The Morgan fingerprint density at radius 3 is 1.04 bits per heavy atom. The van der Waals surface area contributed by atoms with Crippen LogP contribution in [0.25, 0.3) is 0 Å². The van der Waals surface area contributed by atoms with Gasteiger partial charge in [-0.15, -0.1) is 0 Å². The van der Waals surface area contributed by atoms with Crippen LogP contribution in [0.2, 0.25) is 0 Å². The zero-order valence-electron chi connectivity index (χ0n) is 67.3. The molecule has 17 unspecified atom stereocenters. The molecule has 626 valence electrons. The van der Waals surface area contributed by atoms with Gasteiger partial charge in [0.25, 0.3) is 0 Å². The standard InChI is InChI=1S/C89H157NO18/c1-3-5-7-9-11-13-15-17-19-21-23-25-27-29-31-33-35-36-37-39-41-43-45-47-49-51-53-55-57-59-61-63-65-67-77(95)90-72(73(94)66-64-62-60-58-56-54-52-50-48-46-44-42-40-38-34-32-30-28-26-24-22-20-18-16-14-12-10-8-6-4-2)71-103-87-83(101)80(98)85(75(69-92)105-87)108-89-84(102)81(99)86(76(70-93)106-89)107-88-82(100)79(97)78(96)74(68-91)104-88/h5,7,11,13,17,19,23,25,29,31,35-36,56,58,64,66,72-76,78-89,91-94,96-102H,3-4,6,8-10,12,14-16,18,20-22,24,26-28,30,32-34,37-55,57,59-63,65,67-71H2,1-2H3,(H,90,95)/b7-5-,13-11-,19-17-,25-23-,31-29-,36-35-,58-56+,66-64+. The molecule has 0 aromatic heterocycles. The van der Waals surface area contributed by atoms with E-state index in [-0.39, 0.29) is 18.9 Å². The van der Waals surface area contributed by atoms with Crippen molar-refractivity contribution in [2.45, 2.75) is 433 Å². The number of allylic oxidation sites excluding steroid dienone is 15. The first-order valence-electron chi connectivity index (χ1n) is 43.5. The first-order valence-corrected chi connectivity index (χ1v) is 43.5. The number of amides is 1. The van der Waals surface area contributed by atoms with Crippen molar-refractivity contribution in [1.29, 1.82) is 0 Å². The van der Waals surface area contributed by atoms with Crippen LogP contribution in [0.5, 0.6) is 0 Å². The van der Waals surface area contributed by atoms with E-state index in [0.29, 0.717) is 12.8 Å². The maximum absolute atomic E-state index is 13.5. The Morgan fingerprint density at radius 1 is 0.343 bits per heavy atom. The summed E-state index contributed by atoms with van der Waals surface area (Å²) in [5.41, 5.74) is 0. The fourth-order valence-electron chi connectivity index (χ4n) is 14.2. The third-order valence-corrected chi connectivity index (χ3v) is 21.1. The van der Waals surface area contributed by atoms with Gasteiger partial charge in [0.2, 0.25) is 5.91 Å². The third-order valence-electron chi connectivity index (χ3n) is 21.1. The minimum atomic E-state index is -1.99. The lowest BCUT2D eigenvalue weighted by molar-refractivity contribution is -0.379. The van der Waals surface area contributed by atoms with Gasteiger partial charge in [-0.05, 0) is 83.5 Å². The summed E-state index contributed by atoms with van der Waals surface area (Å²) in [5, 5.41) is 121. The van der Waals surface area contributed by atoms with Crippen LogP contribution in [0.3, 0.4) is 0 Å². The second-order valence-electron chi connectivity index (χ2n) is 30.6. The molecule has 3 saturated heterocycles. The van der Waals surface area contributed by atoms with Gasteiger partial charge >= 0.3 is 0 Å². The minimum absolute atomic E-state index is 0.230. The molecule has 0 aromatic carbocycles. The molecule has 108 heavy (non-hydrogen) atoms. The van der Waals surface area contributed by atoms with E-state index >= 15 is 0 Å². The van der Waals surface area contributed by atoms with Gasteiger partial charge in [0, 0.05) is 6.42 Å². The van der Waals surface area contributed by atoms with Gasteiger partial charge in [0.15, 0.2) is 18.9 Å². The highest BCUT2D eigenvalue weighted by Gasteiger charge is 2.54. The summed E-state index contributed by atoms with van der Waals surface area (Å²) >= 11 is 0. The number of unbranched alkanes of at least 4 members (excludes halogenated alkanes) is 39. The maximum Gasteiger partial charge on any atom is 0.220 e. The van der Waals surface area contributed by atoms with Gasteiger partial charge in [0.1, 0.15) is 73.2 Å². The van der Waals surface area contributed by atoms with E-state index in [4.69, 9.17) is 28.4 Å². The average Bonchev–Trinajstić information content (AvgIpc) is 0.779. The number of hydrogen-bond acceptors (Lipinski definition) is 18. The molecule has 3 fully saturated rings. The van der Waals surface area contributed by atoms with Crippen LogP contribution in [0.4, 0.5) is 0 Å². The van der Waals surface area contributed by atoms with E-state index in [1.807, 2.05) is 6.08 Å². The number of hydrogen-bond donors (Lipinski definition) is 12. The third kappa shape index (κ3) is 46.8. The van der Waals surface area contributed by atoms with E-state index in [2.05, 4.69) is 104 Å². The molecule has 3 aliphatic heterocycles. The van der Waals surface area contributed by atoms with Gasteiger partial charge in [-0.3, -0.25) is 4.79 Å². The summed E-state index contributed by atoms with van der Waals surface area (Å²) in [6.45, 7) is 1.64. The summed E-state index contributed by atoms with van der Waals surface area (Å²) < 4.78 is 34.5. The molecule has 12 N–H and O–H groups in total. The van der Waals surface area contributed by atoms with Crippen molar-refractivity contribution in [1.82, 2.24) is 5.32 Å². The molecule has 19 nitrogen and oxygen atoms in total. The van der Waals surface area contributed by atoms with E-state index < -0.39 is 124 Å². The van der Waals surface area contributed by atoms with Crippen LogP contribution < -0.4 is 5.32 Å². The lowest BCUT2D eigenvalue weighted by Gasteiger charge is -2.48. The Labute approximate surface area is 653 Å². The minimum Gasteiger partial charge on any atom is -0.394 e. The summed E-state index contributed by atoms with van der Waals surface area (Å²) in [5.74, 6) is -0.285. The van der Waals surface area contributed by atoms with E-state index in [1.54, 1.807) is 6.08 Å². The first kappa shape index (κ1) is 98.9. The average molecular weight is 1530 g/mol. The summed E-state index contributed by atoms with van der Waals surface area (Å²) in [6.07, 6.45) is 66.9. The Morgan fingerprint density at radius 2 is 0.648 bits per heavy atom. The second-order valence-corrected chi connectivity index (χ2v) is 30.6. The summed E-state index contributed by atoms with van der Waals surface area (Å²) in [7, 11) is 0. The van der Waals surface area contributed by atoms with Crippen LogP contribution in [0.15, 0.2) is 97.2 Å². The molecule has 0 saturated carbocycles. The fourth-order valence-corrected chi connectivity index (χ4v) is 14.2. The number of nitrogens with one attached hydrogen (secondary N) is 1. The molecular formula is C89H157NO18. The van der Waals surface area contributed by atoms with E-state index in [0.717, 1.165) is 83.5 Å². The summed E-state index contributed by atoms with van der Waals surface area (Å²) in [6, 6.07) is -0.998. The van der Waals surface area contributed by atoms with E-state index in [1.165, 1.54) is 212 Å². The normalized spacial score (nSPS) is 25.9. The highest BCUT2D eigenvalue weighted by Crippen LogP contribution is 2.33. The molecule has 3 aliphatic rings. The molecule has 17 atom stereocenters. The van der Waals surface area contributed by atoms with Gasteiger partial charge in [-0.1, -0.05) is 336 Å². The van der Waals surface area contributed by atoms with Crippen molar-refractivity contribution in [3.05, 3.63) is 97.2 Å². The Kier molecular flexibility index (Phi) is 62.4. The SMILES string of the molecule is CC/C=C\C/C=C\C/C=C\C/C=C\C/C=C\C/C=C\CCCCCCCCCCCCCCCCC(=O)NC(COC1OC(CO)C(OC2OC(CO)C(OC3OC(CO)C(O)C(O)C3O)C(O)C2O)C(O)C1O)C(O)/C=C/CC/C=C/CCCCCCCCCCCCCCCCCCCCCCCCCC. The van der Waals surface area contributed by atoms with Crippen LogP contribution >= 0.6 is 0 Å². The van der Waals surface area contributed by atoms with Crippen molar-refractivity contribution in [3.8, 4) is 0 Å². The molecule has 0 radical (unpaired) electrons. The van der Waals surface area contributed by atoms with Gasteiger partial charge in [-0.2, -0.15) is 0 Å². The van der Waals surface area contributed by atoms with E-state index in [9.17, 15) is 61.0 Å². The zero-order valence-corrected chi connectivity index (χ0v) is 67.3. The topological polar surface area (TPSA) is 307 Å². The Bertz CT molecular complexity index is 2330. The molecule has 19 heteroatoms. The number of aliphatic hydroxyl groups excluding tert-OH is 11. The number of ether oxygens (including phenoxy) is 6. The molecule has 0 aromatic rings. The van der Waals surface area contributed by atoms with Crippen LogP contribution in [0.1, 0.15) is 328 Å². The van der Waals surface area contributed by atoms with Crippen LogP contribution in [-0.2, 0) is 33.2 Å². The maximum atomic E-state index is 13.5. The quantitative estimate of drug-likeness (QED) is 0.0199. The van der Waals surface area contributed by atoms with Gasteiger partial charge in [0.05, 0.1) is 38.6 Å². The number of carbonyl (C=O) groups excluding carboxylic acids is 1. The highest BCUT2D eigenvalue weighted by molar-refractivity contribution is 5.76. The van der Waals surface area contributed by atoms with Crippen molar-refractivity contribution in [2.24, 2.45) is 0 Å². The molecule has 0 spiro atoms. The molecular weight excluding hydrogens is 1370 g/mol. The molecule has 1 amide bonds. The van der Waals surface area contributed by atoms with Crippen LogP contribution in [-0.4, -0.2) is 193 Å².